The number of halogens is 6. The maximum Gasteiger partial charge on any atom is 0.416 e. The number of benzene rings is 1. The van der Waals surface area contributed by atoms with Crippen molar-refractivity contribution in [1.82, 2.24) is 14.8 Å². The molecule has 0 aliphatic carbocycles. The minimum atomic E-state index is -4.77. The maximum absolute atomic E-state index is 13.2. The van der Waals surface area contributed by atoms with Gasteiger partial charge in [-0.1, -0.05) is 11.6 Å². The van der Waals surface area contributed by atoms with Crippen molar-refractivity contribution in [3.63, 3.8) is 0 Å². The predicted molar refractivity (Wildman–Crippen MR) is 104 cm³/mol. The van der Waals surface area contributed by atoms with Crippen LogP contribution in [0.3, 0.4) is 0 Å². The standard InChI is InChI=1S/C19H13ClF5N5O2/c1-8-5-9(19(23,24)25)6-10(16(26)31)14(8)28-18(32)13-7-12(15(21)22)29-30(13)17-11(20)3-2-4-27-17/h2-7,15H,1H3,(H2,26,31)(H,28,32). The molecule has 13 heteroatoms. The Morgan fingerprint density at radius 3 is 2.47 bits per heavy atom. The zero-order valence-electron chi connectivity index (χ0n) is 16.0. The third kappa shape index (κ3) is 4.54. The zero-order chi connectivity index (χ0) is 23.8. The van der Waals surface area contributed by atoms with E-state index in [1.165, 1.54) is 25.3 Å². The summed E-state index contributed by atoms with van der Waals surface area (Å²) in [4.78, 5) is 28.6. The van der Waals surface area contributed by atoms with E-state index in [1.54, 1.807) is 0 Å². The number of nitrogens with one attached hydrogen (secondary N) is 1. The number of anilines is 1. The van der Waals surface area contributed by atoms with Crippen molar-refractivity contribution in [2.45, 2.75) is 19.5 Å². The fourth-order valence-electron chi connectivity index (χ4n) is 2.85. The van der Waals surface area contributed by atoms with E-state index in [2.05, 4.69) is 15.4 Å². The van der Waals surface area contributed by atoms with Gasteiger partial charge in [-0.05, 0) is 42.8 Å². The second kappa shape index (κ2) is 8.54. The minimum Gasteiger partial charge on any atom is -0.366 e. The molecule has 0 saturated carbocycles. The van der Waals surface area contributed by atoms with Gasteiger partial charge in [0, 0.05) is 6.20 Å². The van der Waals surface area contributed by atoms with Crippen molar-refractivity contribution >= 4 is 29.1 Å². The fraction of sp³-hybridized carbons (Fsp3) is 0.158. The number of alkyl halides is 5. The summed E-state index contributed by atoms with van der Waals surface area (Å²) in [6.45, 7) is 1.22. The Morgan fingerprint density at radius 2 is 1.91 bits per heavy atom. The second-order valence-electron chi connectivity index (χ2n) is 6.51. The number of nitrogens with two attached hydrogens (primary N) is 1. The third-order valence-electron chi connectivity index (χ3n) is 4.29. The second-order valence-corrected chi connectivity index (χ2v) is 6.91. The number of rotatable bonds is 5. The van der Waals surface area contributed by atoms with Gasteiger partial charge in [0.25, 0.3) is 18.2 Å². The first kappa shape index (κ1) is 23.1. The molecule has 3 rings (SSSR count). The molecule has 1 aromatic carbocycles. The van der Waals surface area contributed by atoms with Crippen LogP contribution in [0.1, 0.15) is 44.1 Å². The Labute approximate surface area is 182 Å². The molecule has 32 heavy (non-hydrogen) atoms. The van der Waals surface area contributed by atoms with Crippen LogP contribution >= 0.6 is 11.6 Å². The molecule has 3 N–H and O–H groups in total. The van der Waals surface area contributed by atoms with Crippen LogP contribution in [0.25, 0.3) is 5.82 Å². The lowest BCUT2D eigenvalue weighted by atomic mass is 10.0. The average molecular weight is 474 g/mol. The van der Waals surface area contributed by atoms with Gasteiger partial charge in [0.1, 0.15) is 11.4 Å². The molecule has 0 aliphatic heterocycles. The van der Waals surface area contributed by atoms with Crippen LogP contribution in [0.5, 0.6) is 0 Å². The molecule has 0 bridgehead atoms. The highest BCUT2D eigenvalue weighted by Gasteiger charge is 2.33. The number of aromatic nitrogens is 3. The van der Waals surface area contributed by atoms with Gasteiger partial charge >= 0.3 is 6.18 Å². The normalized spacial score (nSPS) is 11.6. The highest BCUT2D eigenvalue weighted by atomic mass is 35.5. The summed E-state index contributed by atoms with van der Waals surface area (Å²) in [6.07, 6.45) is -6.52. The number of carbonyl (C=O) groups excluding carboxylic acids is 2. The van der Waals surface area contributed by atoms with E-state index in [-0.39, 0.29) is 22.1 Å². The zero-order valence-corrected chi connectivity index (χ0v) is 16.8. The van der Waals surface area contributed by atoms with Gasteiger partial charge in [0.2, 0.25) is 0 Å². The van der Waals surface area contributed by atoms with E-state index in [0.29, 0.717) is 12.1 Å². The van der Waals surface area contributed by atoms with E-state index in [0.717, 1.165) is 10.7 Å². The molecule has 2 aromatic heterocycles. The minimum absolute atomic E-state index is 0.00555. The smallest absolute Gasteiger partial charge is 0.366 e. The summed E-state index contributed by atoms with van der Waals surface area (Å²) in [5.41, 5.74) is 1.78. The van der Waals surface area contributed by atoms with Gasteiger partial charge in [0.15, 0.2) is 5.82 Å². The summed E-state index contributed by atoms with van der Waals surface area (Å²) < 4.78 is 66.5. The summed E-state index contributed by atoms with van der Waals surface area (Å²) in [5.74, 6) is -2.42. The Morgan fingerprint density at radius 1 is 1.22 bits per heavy atom. The quantitative estimate of drug-likeness (QED) is 0.531. The van der Waals surface area contributed by atoms with Gasteiger partial charge in [0.05, 0.1) is 21.8 Å². The van der Waals surface area contributed by atoms with E-state index in [1.807, 2.05) is 0 Å². The summed E-state index contributed by atoms with van der Waals surface area (Å²) in [7, 11) is 0. The molecule has 0 unspecified atom stereocenters. The molecule has 0 saturated heterocycles. The number of carbonyl (C=O) groups is 2. The Hall–Kier alpha value is -3.54. The highest BCUT2D eigenvalue weighted by Crippen LogP contribution is 2.34. The molecule has 0 fully saturated rings. The van der Waals surface area contributed by atoms with E-state index in [9.17, 15) is 31.5 Å². The van der Waals surface area contributed by atoms with Gasteiger partial charge in [-0.25, -0.2) is 18.4 Å². The van der Waals surface area contributed by atoms with Crippen LogP contribution in [0, 0.1) is 6.92 Å². The van der Waals surface area contributed by atoms with Crippen LogP contribution in [-0.2, 0) is 6.18 Å². The molecule has 7 nitrogen and oxygen atoms in total. The first-order chi connectivity index (χ1) is 14.9. The van der Waals surface area contributed by atoms with Crippen molar-refractivity contribution in [1.29, 1.82) is 0 Å². The number of hydrogen-bond donors (Lipinski definition) is 2. The van der Waals surface area contributed by atoms with E-state index < -0.39 is 46.9 Å². The first-order valence-electron chi connectivity index (χ1n) is 8.72. The van der Waals surface area contributed by atoms with Gasteiger partial charge < -0.3 is 11.1 Å². The Bertz CT molecular complexity index is 1210. The summed E-state index contributed by atoms with van der Waals surface area (Å²) in [6, 6.07) is 4.82. The van der Waals surface area contributed by atoms with Crippen molar-refractivity contribution in [2.24, 2.45) is 5.73 Å². The van der Waals surface area contributed by atoms with Crippen molar-refractivity contribution in [3.8, 4) is 5.82 Å². The Kier molecular flexibility index (Phi) is 6.17. The number of pyridine rings is 1. The van der Waals surface area contributed by atoms with Crippen LogP contribution in [-0.4, -0.2) is 26.6 Å². The van der Waals surface area contributed by atoms with Crippen LogP contribution in [0.2, 0.25) is 5.02 Å². The van der Waals surface area contributed by atoms with Crippen molar-refractivity contribution < 1.29 is 31.5 Å². The number of hydrogen-bond acceptors (Lipinski definition) is 4. The van der Waals surface area contributed by atoms with Crippen LogP contribution < -0.4 is 11.1 Å². The van der Waals surface area contributed by atoms with E-state index in [4.69, 9.17) is 17.3 Å². The molecule has 3 aromatic rings. The number of aryl methyl sites for hydroxylation is 1. The lowest BCUT2D eigenvalue weighted by Crippen LogP contribution is -2.22. The van der Waals surface area contributed by atoms with E-state index >= 15 is 0 Å². The van der Waals surface area contributed by atoms with Gasteiger partial charge in [-0.15, -0.1) is 0 Å². The molecular formula is C19H13ClF5N5O2. The average Bonchev–Trinajstić information content (AvgIpc) is 3.14. The summed E-state index contributed by atoms with van der Waals surface area (Å²) >= 11 is 6.03. The lowest BCUT2D eigenvalue weighted by molar-refractivity contribution is -0.137. The molecule has 0 atom stereocenters. The van der Waals surface area contributed by atoms with Crippen molar-refractivity contribution in [3.05, 3.63) is 69.6 Å². The number of primary amides is 1. The molecule has 168 valence electrons. The predicted octanol–water partition coefficient (Wildman–Crippen LogP) is 4.54. The third-order valence-corrected chi connectivity index (χ3v) is 4.59. The van der Waals surface area contributed by atoms with Gasteiger partial charge in [-0.2, -0.15) is 18.3 Å². The Balaban J connectivity index is 2.10. The van der Waals surface area contributed by atoms with Gasteiger partial charge in [-0.3, -0.25) is 9.59 Å². The lowest BCUT2D eigenvalue weighted by Gasteiger charge is -2.16. The number of amides is 2. The molecule has 2 heterocycles. The molecule has 0 aliphatic rings. The van der Waals surface area contributed by atoms with Crippen LogP contribution in [0.4, 0.5) is 27.6 Å². The van der Waals surface area contributed by atoms with Crippen molar-refractivity contribution in [2.75, 3.05) is 5.32 Å². The topological polar surface area (TPSA) is 103 Å². The van der Waals surface area contributed by atoms with Crippen LogP contribution in [0.15, 0.2) is 36.5 Å². The largest absolute Gasteiger partial charge is 0.416 e. The first-order valence-corrected chi connectivity index (χ1v) is 9.10. The molecular weight excluding hydrogens is 461 g/mol. The molecule has 0 radical (unpaired) electrons. The molecule has 2 amide bonds. The number of nitrogens with zero attached hydrogens (tertiary/aromatic N) is 3. The molecule has 0 spiro atoms. The highest BCUT2D eigenvalue weighted by molar-refractivity contribution is 6.32. The monoisotopic (exact) mass is 473 g/mol. The SMILES string of the molecule is Cc1cc(C(F)(F)F)cc(C(N)=O)c1NC(=O)c1cc(C(F)F)nn1-c1ncccc1Cl. The maximum atomic E-state index is 13.2. The fourth-order valence-corrected chi connectivity index (χ4v) is 3.05. The summed E-state index contributed by atoms with van der Waals surface area (Å²) in [5, 5.41) is 5.90.